The SMILES string of the molecule is CC(=O)O[C@@]12COC1C[C@H](O)[C@@]1(C)C(=O)[C@H](O)C3=C(C)[C@@H](OC(=O)[C@H](NC(=O)c4ccccc4)[C@H](O)c4ccccc4)C[C@@](O)([C@@H](OC(=O)c4ccccc4)[C@@H]12)C3(C)C. The molecule has 1 heterocycles. The minimum absolute atomic E-state index is 0.0521. The summed E-state index contributed by atoms with van der Waals surface area (Å²) in [6.45, 7) is 6.90. The Balaban J connectivity index is 1.37. The molecule has 1 aliphatic heterocycles. The van der Waals surface area contributed by atoms with E-state index in [1.807, 2.05) is 0 Å². The van der Waals surface area contributed by atoms with Crippen LogP contribution in [-0.2, 0) is 33.3 Å². The van der Waals surface area contributed by atoms with Gasteiger partial charge in [0.25, 0.3) is 5.91 Å². The van der Waals surface area contributed by atoms with Crippen molar-refractivity contribution in [3.05, 3.63) is 119 Å². The zero-order valence-corrected chi connectivity index (χ0v) is 33.4. The molecule has 3 aliphatic carbocycles. The monoisotopic (exact) mass is 811 g/mol. The van der Waals surface area contributed by atoms with Crippen molar-refractivity contribution in [2.24, 2.45) is 16.7 Å². The number of hydrogen-bond donors (Lipinski definition) is 5. The van der Waals surface area contributed by atoms with E-state index in [0.717, 1.165) is 6.92 Å². The number of Topliss-reactive ketones (excluding diaryl/α,β-unsaturated/α-hetero) is 1. The fourth-order valence-electron chi connectivity index (χ4n) is 9.91. The number of aliphatic hydroxyl groups excluding tert-OH is 3. The van der Waals surface area contributed by atoms with Crippen LogP contribution in [0, 0.1) is 16.7 Å². The number of aliphatic hydroxyl groups is 4. The third-order valence-electron chi connectivity index (χ3n) is 13.2. The van der Waals surface area contributed by atoms with Gasteiger partial charge in [-0.3, -0.25) is 14.4 Å². The molecule has 0 aromatic heterocycles. The van der Waals surface area contributed by atoms with Crippen LogP contribution in [0.2, 0.25) is 0 Å². The van der Waals surface area contributed by atoms with Crippen LogP contribution >= 0.6 is 0 Å². The fraction of sp³-hybridized carbons (Fsp3) is 0.444. The Bertz CT molecular complexity index is 2160. The first kappa shape index (κ1) is 41.9. The first-order chi connectivity index (χ1) is 27.9. The van der Waals surface area contributed by atoms with Crippen LogP contribution in [0.25, 0.3) is 0 Å². The Labute approximate surface area is 341 Å². The number of carbonyl (C=O) groups excluding carboxylic acids is 5. The molecule has 14 heteroatoms. The largest absolute Gasteiger partial charge is 0.456 e. The van der Waals surface area contributed by atoms with Crippen LogP contribution < -0.4 is 5.32 Å². The van der Waals surface area contributed by atoms with Crippen LogP contribution in [0.15, 0.2) is 102 Å². The van der Waals surface area contributed by atoms with Crippen molar-refractivity contribution >= 4 is 29.6 Å². The zero-order chi connectivity index (χ0) is 42.7. The van der Waals surface area contributed by atoms with Crippen LogP contribution in [0.3, 0.4) is 0 Å². The van der Waals surface area contributed by atoms with Crippen LogP contribution in [0.4, 0.5) is 0 Å². The standard InChI is InChI=1S/C45H49NO13/c1-24-29(57-41(54)33(34(49)26-15-9-6-10-16-26)46-39(52)27-17-11-7-12-18-27)22-45(55)38(58-40(53)28-19-13-8-14-20-28)36-43(5,37(51)35(50)32(24)42(45,3)4)30(48)21-31-44(36,23-56-31)59-25(2)47/h6-20,29-31,33-36,38,48-50,55H,21-23H2,1-5H3,(H,46,52)/t29-,30-,31?,33+,34+,35+,36-,38-,43+,44-,45+/m0/s1. The normalized spacial score (nSPS) is 33.0. The van der Waals surface area contributed by atoms with Crippen molar-refractivity contribution in [2.75, 3.05) is 6.61 Å². The van der Waals surface area contributed by atoms with Gasteiger partial charge in [-0.2, -0.15) is 0 Å². The predicted octanol–water partition coefficient (Wildman–Crippen LogP) is 3.16. The Hall–Kier alpha value is -5.25. The minimum Gasteiger partial charge on any atom is -0.456 e. The minimum atomic E-state index is -2.35. The van der Waals surface area contributed by atoms with Crippen LogP contribution in [-0.4, -0.2) is 104 Å². The first-order valence-corrected chi connectivity index (χ1v) is 19.6. The van der Waals surface area contributed by atoms with Gasteiger partial charge in [-0.15, -0.1) is 0 Å². The van der Waals surface area contributed by atoms with Gasteiger partial charge in [0.1, 0.15) is 36.1 Å². The number of ether oxygens (including phenoxy) is 4. The number of fused-ring (bicyclic) bond motifs is 5. The molecule has 1 amide bonds. The molecule has 0 radical (unpaired) electrons. The molecule has 1 unspecified atom stereocenters. The third-order valence-corrected chi connectivity index (χ3v) is 13.2. The van der Waals surface area contributed by atoms with Gasteiger partial charge in [-0.05, 0) is 54.8 Å². The lowest BCUT2D eigenvalue weighted by Crippen LogP contribution is -2.81. The molecule has 0 spiro atoms. The average Bonchev–Trinajstić information content (AvgIpc) is 3.21. The fourth-order valence-corrected chi connectivity index (χ4v) is 9.91. The van der Waals surface area contributed by atoms with E-state index in [1.165, 1.54) is 38.1 Å². The van der Waals surface area contributed by atoms with Crippen LogP contribution in [0.1, 0.15) is 79.8 Å². The van der Waals surface area contributed by atoms with E-state index in [0.29, 0.717) is 0 Å². The van der Waals surface area contributed by atoms with Crippen molar-refractivity contribution in [2.45, 2.75) is 101 Å². The van der Waals surface area contributed by atoms with Gasteiger partial charge in [0.15, 0.2) is 17.4 Å². The van der Waals surface area contributed by atoms with Crippen molar-refractivity contribution < 1.29 is 63.3 Å². The quantitative estimate of drug-likeness (QED) is 0.120. The van der Waals surface area contributed by atoms with Gasteiger partial charge < -0.3 is 44.7 Å². The molecule has 11 atom stereocenters. The van der Waals surface area contributed by atoms with Gasteiger partial charge in [-0.1, -0.05) is 80.6 Å². The number of rotatable bonds is 9. The molecule has 3 aromatic carbocycles. The summed E-state index contributed by atoms with van der Waals surface area (Å²) in [6.07, 6.45) is -10.1. The highest BCUT2D eigenvalue weighted by Gasteiger charge is 2.78. The topological polar surface area (TPSA) is 215 Å². The highest BCUT2D eigenvalue weighted by atomic mass is 16.6. The maximum atomic E-state index is 15.0. The van der Waals surface area contributed by atoms with E-state index < -0.39 is 107 Å². The summed E-state index contributed by atoms with van der Waals surface area (Å²) >= 11 is 0. The van der Waals surface area contributed by atoms with Crippen molar-refractivity contribution in [1.82, 2.24) is 5.32 Å². The maximum Gasteiger partial charge on any atom is 0.338 e. The number of amides is 1. The molecule has 59 heavy (non-hydrogen) atoms. The zero-order valence-electron chi connectivity index (χ0n) is 33.4. The van der Waals surface area contributed by atoms with Gasteiger partial charge in [-0.25, -0.2) is 9.59 Å². The number of esters is 3. The van der Waals surface area contributed by atoms with E-state index in [-0.39, 0.29) is 40.9 Å². The molecular formula is C45H49NO13. The van der Waals surface area contributed by atoms with Gasteiger partial charge >= 0.3 is 17.9 Å². The second kappa shape index (κ2) is 15.4. The molecule has 1 saturated heterocycles. The molecule has 14 nitrogen and oxygen atoms in total. The number of nitrogens with one attached hydrogen (secondary N) is 1. The molecule has 5 N–H and O–H groups in total. The van der Waals surface area contributed by atoms with Gasteiger partial charge in [0.05, 0.1) is 29.6 Å². The van der Waals surface area contributed by atoms with E-state index in [1.54, 1.807) is 80.6 Å². The first-order valence-electron chi connectivity index (χ1n) is 19.6. The van der Waals surface area contributed by atoms with Crippen molar-refractivity contribution in [3.8, 4) is 0 Å². The summed E-state index contributed by atoms with van der Waals surface area (Å²) in [7, 11) is 0. The summed E-state index contributed by atoms with van der Waals surface area (Å²) in [6, 6.07) is 22.3. The van der Waals surface area contributed by atoms with Gasteiger partial charge in [0, 0.05) is 30.7 Å². The molecule has 3 fully saturated rings. The summed E-state index contributed by atoms with van der Waals surface area (Å²) in [5, 5.41) is 51.8. The maximum absolute atomic E-state index is 15.0. The smallest absolute Gasteiger partial charge is 0.338 e. The third kappa shape index (κ3) is 6.76. The molecular weight excluding hydrogens is 762 g/mol. The Morgan fingerprint density at radius 2 is 1.44 bits per heavy atom. The molecule has 2 saturated carbocycles. The number of benzene rings is 3. The number of hydrogen-bond acceptors (Lipinski definition) is 13. The lowest BCUT2D eigenvalue weighted by Gasteiger charge is -2.67. The van der Waals surface area contributed by atoms with E-state index in [4.69, 9.17) is 18.9 Å². The highest BCUT2D eigenvalue weighted by molar-refractivity contribution is 5.97. The van der Waals surface area contributed by atoms with Crippen molar-refractivity contribution in [1.29, 1.82) is 0 Å². The lowest BCUT2D eigenvalue weighted by atomic mass is 9.44. The Morgan fingerprint density at radius 3 is 2.00 bits per heavy atom. The average molecular weight is 812 g/mol. The second-order valence-corrected chi connectivity index (χ2v) is 16.8. The Morgan fingerprint density at radius 1 is 0.864 bits per heavy atom. The molecule has 312 valence electrons. The summed E-state index contributed by atoms with van der Waals surface area (Å²) in [5.74, 6) is -5.91. The van der Waals surface area contributed by atoms with E-state index in [2.05, 4.69) is 5.32 Å². The summed E-state index contributed by atoms with van der Waals surface area (Å²) < 4.78 is 24.3. The highest BCUT2D eigenvalue weighted by Crippen LogP contribution is 2.64. The van der Waals surface area contributed by atoms with E-state index in [9.17, 15) is 39.6 Å². The van der Waals surface area contributed by atoms with Gasteiger partial charge in [0.2, 0.25) is 0 Å². The number of carbonyl (C=O) groups is 5. The van der Waals surface area contributed by atoms with Crippen LogP contribution in [0.5, 0.6) is 0 Å². The number of ketones is 1. The van der Waals surface area contributed by atoms with Crippen molar-refractivity contribution in [3.63, 3.8) is 0 Å². The lowest BCUT2D eigenvalue weighted by molar-refractivity contribution is -0.346. The Kier molecular flexibility index (Phi) is 10.9. The molecule has 7 rings (SSSR count). The predicted molar refractivity (Wildman–Crippen MR) is 208 cm³/mol. The molecule has 4 aliphatic rings. The molecule has 2 bridgehead atoms. The van der Waals surface area contributed by atoms with E-state index >= 15 is 4.79 Å². The second-order valence-electron chi connectivity index (χ2n) is 16.8. The summed E-state index contributed by atoms with van der Waals surface area (Å²) in [5.41, 5.74) is -7.04. The molecule has 3 aromatic rings. The summed E-state index contributed by atoms with van der Waals surface area (Å²) in [4.78, 5) is 70.0.